The number of carbonyl (C=O) groups is 1. The number of nitro groups is 1. The van der Waals surface area contributed by atoms with Gasteiger partial charge in [-0.2, -0.15) is 0 Å². The van der Waals surface area contributed by atoms with Crippen molar-refractivity contribution in [2.24, 2.45) is 0 Å². The van der Waals surface area contributed by atoms with Crippen LogP contribution >= 0.6 is 11.6 Å². The molecular weight excluding hydrogens is 296 g/mol. The number of hydrogen-bond donors (Lipinski definition) is 2. The van der Waals surface area contributed by atoms with Gasteiger partial charge < -0.3 is 10.4 Å². The Labute approximate surface area is 125 Å². The number of anilines is 1. The van der Waals surface area contributed by atoms with Crippen LogP contribution in [0.3, 0.4) is 0 Å². The average molecular weight is 307 g/mol. The number of halogens is 1. The number of aliphatic hydroxyl groups excluding tert-OH is 1. The average Bonchev–Trinajstić information content (AvgIpc) is 2.48. The zero-order valence-corrected chi connectivity index (χ0v) is 11.5. The lowest BCUT2D eigenvalue weighted by Gasteiger charge is -2.07. The van der Waals surface area contributed by atoms with Crippen LogP contribution in [0.25, 0.3) is 0 Å². The van der Waals surface area contributed by atoms with Gasteiger partial charge >= 0.3 is 0 Å². The maximum atomic E-state index is 12.1. The molecule has 0 aliphatic rings. The first kappa shape index (κ1) is 15.0. The summed E-state index contributed by atoms with van der Waals surface area (Å²) in [6.45, 7) is -0.0923. The molecule has 0 spiro atoms. The van der Waals surface area contributed by atoms with Crippen LogP contribution in [0.5, 0.6) is 0 Å². The van der Waals surface area contributed by atoms with E-state index in [0.717, 1.165) is 6.07 Å². The molecule has 2 aromatic rings. The fraction of sp³-hybridized carbons (Fsp3) is 0.0714. The Morgan fingerprint density at radius 2 is 1.90 bits per heavy atom. The molecular formula is C14H11ClN2O4. The molecule has 2 rings (SSSR count). The Bertz CT molecular complexity index is 686. The van der Waals surface area contributed by atoms with E-state index < -0.39 is 10.8 Å². The van der Waals surface area contributed by atoms with Crippen LogP contribution in [0.2, 0.25) is 5.02 Å². The highest BCUT2D eigenvalue weighted by Crippen LogP contribution is 2.23. The SMILES string of the molecule is O=C(Nc1ccc(CO)cc1)c1cc([N+](=O)[O-])ccc1Cl. The predicted molar refractivity (Wildman–Crippen MR) is 78.4 cm³/mol. The fourth-order valence-electron chi connectivity index (χ4n) is 1.69. The fourth-order valence-corrected chi connectivity index (χ4v) is 1.90. The molecule has 6 nitrogen and oxygen atoms in total. The number of nitrogens with one attached hydrogen (secondary N) is 1. The summed E-state index contributed by atoms with van der Waals surface area (Å²) in [4.78, 5) is 22.2. The van der Waals surface area contributed by atoms with Gasteiger partial charge in [0.2, 0.25) is 0 Å². The maximum Gasteiger partial charge on any atom is 0.270 e. The monoisotopic (exact) mass is 306 g/mol. The Balaban J connectivity index is 2.23. The predicted octanol–water partition coefficient (Wildman–Crippen LogP) is 2.99. The maximum absolute atomic E-state index is 12.1. The molecule has 0 atom stereocenters. The molecule has 0 heterocycles. The molecule has 1 amide bonds. The number of benzene rings is 2. The number of non-ortho nitro benzene ring substituents is 1. The Morgan fingerprint density at radius 1 is 1.24 bits per heavy atom. The molecule has 2 aromatic carbocycles. The highest BCUT2D eigenvalue weighted by atomic mass is 35.5. The van der Waals surface area contributed by atoms with Gasteiger partial charge in [-0.1, -0.05) is 23.7 Å². The molecule has 2 N–H and O–H groups in total. The normalized spacial score (nSPS) is 10.2. The highest BCUT2D eigenvalue weighted by Gasteiger charge is 2.15. The van der Waals surface area contributed by atoms with E-state index in [-0.39, 0.29) is 22.9 Å². The molecule has 0 unspecified atom stereocenters. The van der Waals surface area contributed by atoms with E-state index in [1.807, 2.05) is 0 Å². The van der Waals surface area contributed by atoms with E-state index in [9.17, 15) is 14.9 Å². The van der Waals surface area contributed by atoms with Crippen molar-refractivity contribution >= 4 is 28.9 Å². The van der Waals surface area contributed by atoms with Gasteiger partial charge in [0.25, 0.3) is 11.6 Å². The molecule has 0 aliphatic heterocycles. The smallest absolute Gasteiger partial charge is 0.270 e. The number of nitro benzene ring substituents is 1. The van der Waals surface area contributed by atoms with E-state index in [1.54, 1.807) is 24.3 Å². The van der Waals surface area contributed by atoms with Gasteiger partial charge in [-0.3, -0.25) is 14.9 Å². The largest absolute Gasteiger partial charge is 0.392 e. The van der Waals surface area contributed by atoms with Crippen molar-refractivity contribution in [3.63, 3.8) is 0 Å². The topological polar surface area (TPSA) is 92.5 Å². The summed E-state index contributed by atoms with van der Waals surface area (Å²) in [7, 11) is 0. The minimum atomic E-state index is -0.594. The zero-order chi connectivity index (χ0) is 15.4. The third-order valence-corrected chi connectivity index (χ3v) is 3.13. The third-order valence-electron chi connectivity index (χ3n) is 2.80. The summed E-state index contributed by atoms with van der Waals surface area (Å²) in [6.07, 6.45) is 0. The summed E-state index contributed by atoms with van der Waals surface area (Å²) in [5, 5.41) is 22.4. The van der Waals surface area contributed by atoms with E-state index in [1.165, 1.54) is 12.1 Å². The lowest BCUT2D eigenvalue weighted by atomic mass is 10.1. The summed E-state index contributed by atoms with van der Waals surface area (Å²) < 4.78 is 0. The van der Waals surface area contributed by atoms with Crippen molar-refractivity contribution in [2.45, 2.75) is 6.61 Å². The lowest BCUT2D eigenvalue weighted by Crippen LogP contribution is -2.12. The van der Waals surface area contributed by atoms with Crippen molar-refractivity contribution in [1.29, 1.82) is 0 Å². The standard InChI is InChI=1S/C14H11ClN2O4/c15-13-6-5-11(17(20)21)7-12(13)14(19)16-10-3-1-9(8-18)2-4-10/h1-7,18H,8H2,(H,16,19). The molecule has 0 saturated heterocycles. The minimum absolute atomic E-state index is 0.0251. The van der Waals surface area contributed by atoms with Crippen LogP contribution in [0.4, 0.5) is 11.4 Å². The van der Waals surface area contributed by atoms with E-state index in [2.05, 4.69) is 5.32 Å². The van der Waals surface area contributed by atoms with Crippen LogP contribution in [0, 0.1) is 10.1 Å². The molecule has 0 fully saturated rings. The van der Waals surface area contributed by atoms with Crippen molar-refractivity contribution in [3.8, 4) is 0 Å². The van der Waals surface area contributed by atoms with Gasteiger partial charge in [0.1, 0.15) is 0 Å². The van der Waals surface area contributed by atoms with Gasteiger partial charge in [0.15, 0.2) is 0 Å². The van der Waals surface area contributed by atoms with Crippen molar-refractivity contribution in [3.05, 3.63) is 68.7 Å². The van der Waals surface area contributed by atoms with Crippen molar-refractivity contribution < 1.29 is 14.8 Å². The second-order valence-electron chi connectivity index (χ2n) is 4.23. The summed E-state index contributed by atoms with van der Waals surface area (Å²) in [6, 6.07) is 10.2. The van der Waals surface area contributed by atoms with Gasteiger partial charge in [0, 0.05) is 17.8 Å². The van der Waals surface area contributed by atoms with Gasteiger partial charge in [-0.25, -0.2) is 0 Å². The Morgan fingerprint density at radius 3 is 2.48 bits per heavy atom. The number of amides is 1. The van der Waals surface area contributed by atoms with Crippen molar-refractivity contribution in [2.75, 3.05) is 5.32 Å². The van der Waals surface area contributed by atoms with Crippen LogP contribution < -0.4 is 5.32 Å². The van der Waals surface area contributed by atoms with Crippen LogP contribution in [0.15, 0.2) is 42.5 Å². The zero-order valence-electron chi connectivity index (χ0n) is 10.7. The molecule has 108 valence electrons. The molecule has 0 saturated carbocycles. The lowest BCUT2D eigenvalue weighted by molar-refractivity contribution is -0.384. The third kappa shape index (κ3) is 3.56. The van der Waals surface area contributed by atoms with Crippen LogP contribution in [0.1, 0.15) is 15.9 Å². The summed E-state index contributed by atoms with van der Waals surface area (Å²) in [5.74, 6) is -0.541. The van der Waals surface area contributed by atoms with E-state index in [0.29, 0.717) is 11.3 Å². The van der Waals surface area contributed by atoms with E-state index >= 15 is 0 Å². The Kier molecular flexibility index (Phi) is 4.52. The second-order valence-corrected chi connectivity index (χ2v) is 4.64. The van der Waals surface area contributed by atoms with Crippen LogP contribution in [-0.2, 0) is 6.61 Å². The minimum Gasteiger partial charge on any atom is -0.392 e. The molecule has 0 bridgehead atoms. The number of carbonyl (C=O) groups excluding carboxylic acids is 1. The molecule has 7 heteroatoms. The van der Waals surface area contributed by atoms with Gasteiger partial charge in [-0.05, 0) is 23.8 Å². The summed E-state index contributed by atoms with van der Waals surface area (Å²) in [5.41, 5.74) is 1.03. The quantitative estimate of drug-likeness (QED) is 0.671. The van der Waals surface area contributed by atoms with Gasteiger partial charge in [0.05, 0.1) is 22.1 Å². The molecule has 21 heavy (non-hydrogen) atoms. The number of rotatable bonds is 4. The molecule has 0 radical (unpaired) electrons. The number of aliphatic hydroxyl groups is 1. The first-order valence-electron chi connectivity index (χ1n) is 5.96. The molecule has 0 aromatic heterocycles. The second kappa shape index (κ2) is 6.34. The highest BCUT2D eigenvalue weighted by molar-refractivity contribution is 6.34. The van der Waals surface area contributed by atoms with Crippen molar-refractivity contribution in [1.82, 2.24) is 0 Å². The van der Waals surface area contributed by atoms with Gasteiger partial charge in [-0.15, -0.1) is 0 Å². The first-order chi connectivity index (χ1) is 10.0. The first-order valence-corrected chi connectivity index (χ1v) is 6.34. The number of hydrogen-bond acceptors (Lipinski definition) is 4. The number of nitrogens with zero attached hydrogens (tertiary/aromatic N) is 1. The Hall–Kier alpha value is -2.44. The summed E-state index contributed by atoms with van der Waals surface area (Å²) >= 11 is 5.89. The molecule has 0 aliphatic carbocycles. The van der Waals surface area contributed by atoms with Crippen LogP contribution in [-0.4, -0.2) is 15.9 Å². The van der Waals surface area contributed by atoms with E-state index in [4.69, 9.17) is 16.7 Å².